The highest BCUT2D eigenvalue weighted by Crippen LogP contribution is 2.35. The molecule has 290 valence electrons. The predicted octanol–water partition coefficient (Wildman–Crippen LogP) is 11.7. The van der Waals surface area contributed by atoms with Crippen LogP contribution >= 0.6 is 7.82 Å². The number of esters is 2. The molecule has 0 radical (unpaired) electrons. The quantitative estimate of drug-likeness (QED) is 0.0290. The average Bonchev–Trinajstić information content (AvgIpc) is 3.10. The van der Waals surface area contributed by atoms with Gasteiger partial charge in [-0.05, 0) is 77.0 Å². The highest BCUT2D eigenvalue weighted by Gasteiger charge is 2.22. The summed E-state index contributed by atoms with van der Waals surface area (Å²) in [4.78, 5) is 42.7. The van der Waals surface area contributed by atoms with Crippen LogP contribution in [-0.4, -0.2) is 41.0 Å². The Bertz CT molecular complexity index is 1100. The van der Waals surface area contributed by atoms with Crippen molar-refractivity contribution in [1.29, 1.82) is 0 Å². The van der Waals surface area contributed by atoms with Crippen LogP contribution in [0.15, 0.2) is 85.1 Å². The Morgan fingerprint density at radius 1 is 0.529 bits per heavy atom. The molecule has 0 aromatic carbocycles. The normalized spacial score (nSPS) is 13.4. The zero-order valence-corrected chi connectivity index (χ0v) is 32.6. The van der Waals surface area contributed by atoms with Crippen LogP contribution in [0, 0.1) is 0 Å². The number of carbonyl (C=O) groups excluding carboxylic acids is 2. The molecule has 0 amide bonds. The first-order valence-electron chi connectivity index (χ1n) is 19.4. The van der Waals surface area contributed by atoms with Gasteiger partial charge in [-0.15, -0.1) is 0 Å². The molecular weight excluding hydrogens is 663 g/mol. The van der Waals surface area contributed by atoms with E-state index in [1.54, 1.807) is 0 Å². The number of unbranched alkanes of at least 4 members (excludes halogenated alkanes) is 10. The molecular formula is C42H69O8P. The fourth-order valence-electron chi connectivity index (χ4n) is 4.80. The number of ether oxygens (including phenoxy) is 2. The van der Waals surface area contributed by atoms with Crippen molar-refractivity contribution in [3.05, 3.63) is 85.1 Å². The maximum Gasteiger partial charge on any atom is 0.469 e. The first-order valence-corrected chi connectivity index (χ1v) is 20.9. The van der Waals surface area contributed by atoms with Gasteiger partial charge in [0.2, 0.25) is 0 Å². The topological polar surface area (TPSA) is 119 Å². The number of phosphoric ester groups is 1. The van der Waals surface area contributed by atoms with Crippen molar-refractivity contribution in [2.45, 2.75) is 155 Å². The minimum atomic E-state index is -4.78. The van der Waals surface area contributed by atoms with Crippen LogP contribution in [0.4, 0.5) is 0 Å². The van der Waals surface area contributed by atoms with Crippen LogP contribution in [0.5, 0.6) is 0 Å². The number of allylic oxidation sites excluding steroid dienone is 14. The van der Waals surface area contributed by atoms with Crippen molar-refractivity contribution < 1.29 is 37.9 Å². The van der Waals surface area contributed by atoms with Crippen molar-refractivity contribution in [3.63, 3.8) is 0 Å². The van der Waals surface area contributed by atoms with E-state index in [-0.39, 0.29) is 19.4 Å². The smallest absolute Gasteiger partial charge is 0.462 e. The van der Waals surface area contributed by atoms with Gasteiger partial charge in [0.1, 0.15) is 6.61 Å². The van der Waals surface area contributed by atoms with E-state index in [9.17, 15) is 14.2 Å². The molecule has 0 fully saturated rings. The SMILES string of the molecule is CC/C=C\C/C=C\C/C=C\C/C=C\C/C=C\C/C=C\CCC(=O)OC(COC(=O)CCCCCCC/C=C\CCCCCCC)COP(=O)(O)O. The van der Waals surface area contributed by atoms with Crippen molar-refractivity contribution in [1.82, 2.24) is 0 Å². The Morgan fingerprint density at radius 3 is 1.49 bits per heavy atom. The number of rotatable bonds is 34. The molecule has 1 atom stereocenters. The summed E-state index contributed by atoms with van der Waals surface area (Å²) in [6.45, 7) is 3.47. The molecule has 1 unspecified atom stereocenters. The minimum Gasteiger partial charge on any atom is -0.462 e. The van der Waals surface area contributed by atoms with E-state index >= 15 is 0 Å². The number of hydrogen-bond donors (Lipinski definition) is 2. The second kappa shape index (κ2) is 37.0. The van der Waals surface area contributed by atoms with Crippen LogP contribution in [0.2, 0.25) is 0 Å². The molecule has 8 nitrogen and oxygen atoms in total. The molecule has 0 saturated carbocycles. The Kier molecular flexibility index (Phi) is 35.0. The zero-order valence-electron chi connectivity index (χ0n) is 31.7. The summed E-state index contributed by atoms with van der Waals surface area (Å²) in [5, 5.41) is 0. The zero-order chi connectivity index (χ0) is 37.5. The minimum absolute atomic E-state index is 0.0807. The molecule has 0 aliphatic carbocycles. The van der Waals surface area contributed by atoms with Crippen LogP contribution in [-0.2, 0) is 28.2 Å². The Labute approximate surface area is 310 Å². The summed E-state index contributed by atoms with van der Waals surface area (Å²) in [5.41, 5.74) is 0. The summed E-state index contributed by atoms with van der Waals surface area (Å²) in [7, 11) is -4.78. The number of phosphoric acid groups is 1. The second-order valence-corrected chi connectivity index (χ2v) is 13.8. The molecule has 9 heteroatoms. The first-order chi connectivity index (χ1) is 24.8. The maximum atomic E-state index is 12.3. The number of hydrogen-bond acceptors (Lipinski definition) is 6. The Morgan fingerprint density at radius 2 is 0.980 bits per heavy atom. The van der Waals surface area contributed by atoms with Crippen LogP contribution in [0.25, 0.3) is 0 Å². The molecule has 2 N–H and O–H groups in total. The third kappa shape index (κ3) is 39.9. The van der Waals surface area contributed by atoms with Gasteiger partial charge in [0.15, 0.2) is 6.10 Å². The molecule has 51 heavy (non-hydrogen) atoms. The summed E-state index contributed by atoms with van der Waals surface area (Å²) >= 11 is 0. The van der Waals surface area contributed by atoms with Gasteiger partial charge in [-0.2, -0.15) is 0 Å². The fraction of sp³-hybridized carbons (Fsp3) is 0.619. The molecule has 0 aromatic heterocycles. The lowest BCUT2D eigenvalue weighted by atomic mass is 10.1. The van der Waals surface area contributed by atoms with Crippen molar-refractivity contribution in [3.8, 4) is 0 Å². The summed E-state index contributed by atoms with van der Waals surface area (Å²) in [6.07, 6.45) is 48.9. The monoisotopic (exact) mass is 732 g/mol. The van der Waals surface area contributed by atoms with Crippen molar-refractivity contribution in [2.24, 2.45) is 0 Å². The molecule has 0 bridgehead atoms. The Hall–Kier alpha value is -2.77. The van der Waals surface area contributed by atoms with Gasteiger partial charge in [-0.1, -0.05) is 144 Å². The highest BCUT2D eigenvalue weighted by atomic mass is 31.2. The maximum absolute atomic E-state index is 12.3. The number of carbonyl (C=O) groups is 2. The van der Waals surface area contributed by atoms with E-state index in [0.29, 0.717) is 12.8 Å². The highest BCUT2D eigenvalue weighted by molar-refractivity contribution is 7.46. The van der Waals surface area contributed by atoms with Gasteiger partial charge in [-0.3, -0.25) is 14.1 Å². The van der Waals surface area contributed by atoms with Gasteiger partial charge < -0.3 is 19.3 Å². The Balaban J connectivity index is 4.13. The summed E-state index contributed by atoms with van der Waals surface area (Å²) in [6, 6.07) is 0. The van der Waals surface area contributed by atoms with Crippen LogP contribution in [0.3, 0.4) is 0 Å². The lowest BCUT2D eigenvalue weighted by Gasteiger charge is -2.18. The molecule has 0 heterocycles. The van der Waals surface area contributed by atoms with E-state index < -0.39 is 32.5 Å². The van der Waals surface area contributed by atoms with Gasteiger partial charge in [0.25, 0.3) is 0 Å². The van der Waals surface area contributed by atoms with E-state index in [2.05, 4.69) is 91.3 Å². The van der Waals surface area contributed by atoms with Crippen molar-refractivity contribution in [2.75, 3.05) is 13.2 Å². The van der Waals surface area contributed by atoms with E-state index in [4.69, 9.17) is 19.3 Å². The second-order valence-electron chi connectivity index (χ2n) is 12.5. The van der Waals surface area contributed by atoms with E-state index in [1.165, 1.54) is 38.5 Å². The average molecular weight is 733 g/mol. The van der Waals surface area contributed by atoms with E-state index in [0.717, 1.165) is 70.6 Å². The lowest BCUT2D eigenvalue weighted by molar-refractivity contribution is -0.161. The van der Waals surface area contributed by atoms with Gasteiger partial charge in [0, 0.05) is 12.8 Å². The van der Waals surface area contributed by atoms with Gasteiger partial charge in [-0.25, -0.2) is 4.57 Å². The standard InChI is InChI=1S/C42H69O8P/c1-3-5-7-9-11-13-15-17-19-20-21-22-23-25-27-29-31-33-35-37-42(44)50-40(39-49-51(45,46)47)38-48-41(43)36-34-32-30-28-26-24-18-16-14-12-10-8-6-4-2/h5,7,11,13,16-19,21-22,25,27,31,33,40H,3-4,6,8-10,12,14-15,20,23-24,26,28-30,32,34-39H2,1-2H3,(H2,45,46,47)/b7-5-,13-11-,18-16-,19-17-,22-21-,27-25-,33-31-. The lowest BCUT2D eigenvalue weighted by Crippen LogP contribution is -2.29. The van der Waals surface area contributed by atoms with Gasteiger partial charge in [0.05, 0.1) is 6.61 Å². The third-order valence-electron chi connectivity index (χ3n) is 7.66. The molecule has 0 spiro atoms. The summed E-state index contributed by atoms with van der Waals surface area (Å²) < 4.78 is 26.2. The first kappa shape index (κ1) is 48.2. The third-order valence-corrected chi connectivity index (χ3v) is 8.15. The molecule has 0 aliphatic rings. The molecule has 0 aliphatic heterocycles. The van der Waals surface area contributed by atoms with Crippen LogP contribution < -0.4 is 0 Å². The fourth-order valence-corrected chi connectivity index (χ4v) is 5.16. The van der Waals surface area contributed by atoms with Gasteiger partial charge >= 0.3 is 19.8 Å². The van der Waals surface area contributed by atoms with E-state index in [1.807, 2.05) is 12.2 Å². The van der Waals surface area contributed by atoms with Crippen LogP contribution in [0.1, 0.15) is 149 Å². The molecule has 0 aromatic rings. The summed E-state index contributed by atoms with van der Waals surface area (Å²) in [5.74, 6) is -1.00. The van der Waals surface area contributed by atoms with Crippen molar-refractivity contribution >= 4 is 19.8 Å². The predicted molar refractivity (Wildman–Crippen MR) is 211 cm³/mol. The molecule has 0 rings (SSSR count). The molecule has 0 saturated heterocycles. The largest absolute Gasteiger partial charge is 0.469 e.